The van der Waals surface area contributed by atoms with E-state index in [0.717, 1.165) is 15.7 Å². The highest BCUT2D eigenvalue weighted by atomic mass is 79.9. The number of halogens is 1. The van der Waals surface area contributed by atoms with E-state index in [1.807, 2.05) is 36.4 Å². The smallest absolute Gasteiger partial charge is 0.0538 e. The molecule has 1 aromatic carbocycles. The summed E-state index contributed by atoms with van der Waals surface area (Å²) in [6.45, 7) is 0.678. The highest BCUT2D eigenvalue weighted by Crippen LogP contribution is 2.13. The maximum Gasteiger partial charge on any atom is 0.0538 e. The van der Waals surface area contributed by atoms with Gasteiger partial charge in [0.05, 0.1) is 11.9 Å². The average molecular weight is 339 g/mol. The van der Waals surface area contributed by atoms with Crippen molar-refractivity contribution in [1.82, 2.24) is 4.98 Å². The largest absolute Gasteiger partial charge is 0.383 e. The van der Waals surface area contributed by atoms with Gasteiger partial charge in [-0.05, 0) is 27.6 Å². The summed E-state index contributed by atoms with van der Waals surface area (Å²) in [6, 6.07) is 11.9. The monoisotopic (exact) mass is 338 g/mol. The number of nitrogens with zero attached hydrogens (tertiary/aromatic N) is 1. The standard InChI is InChI=1S/C14H15BrN2OS/c15-13-8-14(10-16-9-13)17-6-7-19(18)11-12-4-2-1-3-5-12/h1-5,8-10,17H,6-7,11H2. The Kier molecular flexibility index (Phi) is 5.54. The molecule has 19 heavy (non-hydrogen) atoms. The summed E-state index contributed by atoms with van der Waals surface area (Å²) >= 11 is 3.36. The van der Waals surface area contributed by atoms with Gasteiger partial charge in [-0.15, -0.1) is 0 Å². The summed E-state index contributed by atoms with van der Waals surface area (Å²) in [5.41, 5.74) is 2.05. The van der Waals surface area contributed by atoms with E-state index in [0.29, 0.717) is 18.1 Å². The van der Waals surface area contributed by atoms with Crippen LogP contribution in [0.3, 0.4) is 0 Å². The highest BCUT2D eigenvalue weighted by molar-refractivity contribution is 9.10. The zero-order valence-electron chi connectivity index (χ0n) is 10.4. The minimum Gasteiger partial charge on any atom is -0.383 e. The average Bonchev–Trinajstić information content (AvgIpc) is 2.40. The van der Waals surface area contributed by atoms with Gasteiger partial charge in [-0.25, -0.2) is 0 Å². The van der Waals surface area contributed by atoms with Crippen LogP contribution in [0.5, 0.6) is 0 Å². The molecule has 1 unspecified atom stereocenters. The van der Waals surface area contributed by atoms with Crippen LogP contribution in [0, 0.1) is 0 Å². The van der Waals surface area contributed by atoms with Gasteiger partial charge in [0, 0.05) is 39.5 Å². The quantitative estimate of drug-likeness (QED) is 0.879. The molecule has 0 amide bonds. The first-order chi connectivity index (χ1) is 9.24. The molecule has 100 valence electrons. The summed E-state index contributed by atoms with van der Waals surface area (Å²) in [4.78, 5) is 4.06. The molecule has 1 aromatic heterocycles. The molecular formula is C14H15BrN2OS. The summed E-state index contributed by atoms with van der Waals surface area (Å²) in [6.07, 6.45) is 3.49. The zero-order chi connectivity index (χ0) is 13.5. The van der Waals surface area contributed by atoms with E-state index in [4.69, 9.17) is 0 Å². The minimum absolute atomic E-state index is 0.610. The number of pyridine rings is 1. The molecule has 3 nitrogen and oxygen atoms in total. The second-order valence-electron chi connectivity index (χ2n) is 4.09. The summed E-state index contributed by atoms with van der Waals surface area (Å²) < 4.78 is 12.8. The fourth-order valence-electron chi connectivity index (χ4n) is 1.65. The van der Waals surface area contributed by atoms with Gasteiger partial charge < -0.3 is 5.32 Å². The molecule has 1 atom stereocenters. The van der Waals surface area contributed by atoms with E-state index in [9.17, 15) is 4.21 Å². The SMILES string of the molecule is O=S(CCNc1cncc(Br)c1)Cc1ccccc1. The van der Waals surface area contributed by atoms with Crippen LogP contribution in [0.25, 0.3) is 0 Å². The maximum absolute atomic E-state index is 11.9. The molecule has 0 saturated carbocycles. The third kappa shape index (κ3) is 5.12. The molecular weight excluding hydrogens is 324 g/mol. The lowest BCUT2D eigenvalue weighted by Gasteiger charge is -2.06. The molecule has 2 rings (SSSR count). The number of hydrogen-bond donors (Lipinski definition) is 1. The third-order valence-corrected chi connectivity index (χ3v) is 4.28. The number of benzene rings is 1. The molecule has 0 spiro atoms. The van der Waals surface area contributed by atoms with Crippen molar-refractivity contribution in [2.75, 3.05) is 17.6 Å². The molecule has 0 saturated heterocycles. The molecule has 0 aliphatic heterocycles. The van der Waals surface area contributed by atoms with Crippen LogP contribution in [0.4, 0.5) is 5.69 Å². The first kappa shape index (κ1) is 14.2. The summed E-state index contributed by atoms with van der Waals surface area (Å²) in [5, 5.41) is 3.22. The number of hydrogen-bond acceptors (Lipinski definition) is 3. The predicted octanol–water partition coefficient (Wildman–Crippen LogP) is 3.20. The Bertz CT molecular complexity index is 548. The Morgan fingerprint density at radius 3 is 2.74 bits per heavy atom. The van der Waals surface area contributed by atoms with Crippen molar-refractivity contribution < 1.29 is 4.21 Å². The first-order valence-electron chi connectivity index (χ1n) is 5.97. The van der Waals surface area contributed by atoms with E-state index in [-0.39, 0.29) is 0 Å². The van der Waals surface area contributed by atoms with Crippen molar-refractivity contribution in [1.29, 1.82) is 0 Å². The van der Waals surface area contributed by atoms with Gasteiger partial charge in [0.2, 0.25) is 0 Å². The van der Waals surface area contributed by atoms with Gasteiger partial charge in [-0.3, -0.25) is 9.19 Å². The molecule has 2 aromatic rings. The normalized spacial score (nSPS) is 12.1. The fraction of sp³-hybridized carbons (Fsp3) is 0.214. The van der Waals surface area contributed by atoms with Crippen molar-refractivity contribution >= 4 is 32.4 Å². The molecule has 1 heterocycles. The van der Waals surface area contributed by atoms with E-state index in [1.54, 1.807) is 12.4 Å². The van der Waals surface area contributed by atoms with Crippen LogP contribution in [0.1, 0.15) is 5.56 Å². The minimum atomic E-state index is -0.845. The number of rotatable bonds is 6. The van der Waals surface area contributed by atoms with E-state index in [1.165, 1.54) is 0 Å². The molecule has 1 N–H and O–H groups in total. The fourth-order valence-corrected chi connectivity index (χ4v) is 3.05. The number of aromatic nitrogens is 1. The van der Waals surface area contributed by atoms with Crippen molar-refractivity contribution in [2.45, 2.75) is 5.75 Å². The van der Waals surface area contributed by atoms with E-state index < -0.39 is 10.8 Å². The van der Waals surface area contributed by atoms with Crippen LogP contribution in [0.15, 0.2) is 53.3 Å². The zero-order valence-corrected chi connectivity index (χ0v) is 12.8. The summed E-state index contributed by atoms with van der Waals surface area (Å²) in [5.74, 6) is 1.24. The highest BCUT2D eigenvalue weighted by Gasteiger charge is 2.01. The first-order valence-corrected chi connectivity index (χ1v) is 8.25. The van der Waals surface area contributed by atoms with Crippen LogP contribution >= 0.6 is 15.9 Å². The molecule has 5 heteroatoms. The van der Waals surface area contributed by atoms with Crippen LogP contribution in [-0.4, -0.2) is 21.5 Å². The molecule has 0 aliphatic carbocycles. The molecule has 0 radical (unpaired) electrons. The molecule has 0 bridgehead atoms. The van der Waals surface area contributed by atoms with Crippen molar-refractivity contribution in [3.63, 3.8) is 0 Å². The second kappa shape index (κ2) is 7.40. The third-order valence-electron chi connectivity index (χ3n) is 2.53. The Labute approximate surface area is 124 Å². The second-order valence-corrected chi connectivity index (χ2v) is 6.58. The maximum atomic E-state index is 11.9. The summed E-state index contributed by atoms with van der Waals surface area (Å²) in [7, 11) is -0.845. The van der Waals surface area contributed by atoms with E-state index in [2.05, 4.69) is 26.2 Å². The number of anilines is 1. The Hall–Kier alpha value is -1.20. The van der Waals surface area contributed by atoms with Gasteiger partial charge in [-0.1, -0.05) is 30.3 Å². The van der Waals surface area contributed by atoms with E-state index >= 15 is 0 Å². The Morgan fingerprint density at radius 1 is 1.21 bits per heavy atom. The lowest BCUT2D eigenvalue weighted by Crippen LogP contribution is -2.12. The molecule has 0 fully saturated rings. The van der Waals surface area contributed by atoms with Crippen molar-refractivity contribution in [3.8, 4) is 0 Å². The van der Waals surface area contributed by atoms with Gasteiger partial charge in [0.25, 0.3) is 0 Å². The van der Waals surface area contributed by atoms with Gasteiger partial charge in [0.1, 0.15) is 0 Å². The van der Waals surface area contributed by atoms with Crippen molar-refractivity contribution in [3.05, 3.63) is 58.8 Å². The Balaban J connectivity index is 1.75. The lowest BCUT2D eigenvalue weighted by molar-refractivity contribution is 0.682. The van der Waals surface area contributed by atoms with Gasteiger partial charge in [0.15, 0.2) is 0 Å². The van der Waals surface area contributed by atoms with Gasteiger partial charge in [-0.2, -0.15) is 0 Å². The lowest BCUT2D eigenvalue weighted by atomic mass is 10.2. The van der Waals surface area contributed by atoms with Crippen molar-refractivity contribution in [2.24, 2.45) is 0 Å². The van der Waals surface area contributed by atoms with Crippen LogP contribution in [0.2, 0.25) is 0 Å². The number of nitrogens with one attached hydrogen (secondary N) is 1. The van der Waals surface area contributed by atoms with Gasteiger partial charge >= 0.3 is 0 Å². The Morgan fingerprint density at radius 2 is 2.00 bits per heavy atom. The van der Waals surface area contributed by atoms with Crippen LogP contribution in [-0.2, 0) is 16.6 Å². The molecule has 0 aliphatic rings. The van der Waals surface area contributed by atoms with Crippen LogP contribution < -0.4 is 5.32 Å². The predicted molar refractivity (Wildman–Crippen MR) is 83.6 cm³/mol. The topological polar surface area (TPSA) is 42.0 Å².